The van der Waals surface area contributed by atoms with Gasteiger partial charge in [-0.2, -0.15) is 0 Å². The molecule has 1 aromatic heterocycles. The number of rotatable bonds is 4. The van der Waals surface area contributed by atoms with Crippen molar-refractivity contribution in [3.05, 3.63) is 52.0 Å². The van der Waals surface area contributed by atoms with Crippen molar-refractivity contribution < 1.29 is 14.4 Å². The summed E-state index contributed by atoms with van der Waals surface area (Å²) in [4.78, 5) is 12.0. The Morgan fingerprint density at radius 3 is 2.78 bits per heavy atom. The monoisotopic (exact) mass is 265 g/mol. The van der Waals surface area contributed by atoms with Crippen molar-refractivity contribution >= 4 is 17.4 Å². The van der Waals surface area contributed by atoms with E-state index >= 15 is 0 Å². The summed E-state index contributed by atoms with van der Waals surface area (Å²) in [5, 5.41) is 19.9. The van der Waals surface area contributed by atoms with E-state index in [1.165, 1.54) is 17.8 Å². The summed E-state index contributed by atoms with van der Waals surface area (Å²) in [6, 6.07) is 6.52. The molecule has 0 unspecified atom stereocenters. The largest absolute Gasteiger partial charge is 0.468 e. The molecule has 0 aliphatic heterocycles. The Labute approximate surface area is 108 Å². The van der Waals surface area contributed by atoms with E-state index in [1.54, 1.807) is 18.4 Å². The summed E-state index contributed by atoms with van der Waals surface area (Å²) >= 11 is 1.44. The zero-order valence-corrected chi connectivity index (χ0v) is 10.4. The van der Waals surface area contributed by atoms with Gasteiger partial charge in [0.2, 0.25) is 0 Å². The van der Waals surface area contributed by atoms with Gasteiger partial charge in [-0.3, -0.25) is 10.1 Å². The number of aliphatic hydroxyl groups excluding tert-OH is 1. The molecule has 0 amide bonds. The molecule has 6 heteroatoms. The molecular weight excluding hydrogens is 254 g/mol. The van der Waals surface area contributed by atoms with E-state index < -0.39 is 4.92 Å². The minimum Gasteiger partial charge on any atom is -0.468 e. The van der Waals surface area contributed by atoms with Gasteiger partial charge in [0, 0.05) is 11.0 Å². The van der Waals surface area contributed by atoms with Gasteiger partial charge in [-0.25, -0.2) is 0 Å². The summed E-state index contributed by atoms with van der Waals surface area (Å²) in [5.41, 5.74) is 0.247. The summed E-state index contributed by atoms with van der Waals surface area (Å²) in [5.74, 6) is 0.795. The highest BCUT2D eigenvalue weighted by Crippen LogP contribution is 2.33. The number of hydrogen-bond donors (Lipinski definition) is 1. The minimum absolute atomic E-state index is 0.0641. The molecule has 2 rings (SSSR count). The van der Waals surface area contributed by atoms with E-state index in [2.05, 4.69) is 0 Å². The lowest BCUT2D eigenvalue weighted by Crippen LogP contribution is -1.95. The molecule has 0 bridgehead atoms. The number of benzene rings is 1. The fourth-order valence-electron chi connectivity index (χ4n) is 1.54. The van der Waals surface area contributed by atoms with Crippen LogP contribution >= 0.6 is 11.8 Å². The Hall–Kier alpha value is -1.79. The van der Waals surface area contributed by atoms with Crippen molar-refractivity contribution in [2.75, 3.05) is 0 Å². The molecule has 0 atom stereocenters. The first kappa shape index (κ1) is 12.7. The molecule has 0 spiro atoms. The highest BCUT2D eigenvalue weighted by molar-refractivity contribution is 7.99. The molecule has 0 saturated carbocycles. The first-order valence-electron chi connectivity index (χ1n) is 5.22. The van der Waals surface area contributed by atoms with Gasteiger partial charge >= 0.3 is 0 Å². The van der Waals surface area contributed by atoms with Crippen LogP contribution in [-0.2, 0) is 6.61 Å². The van der Waals surface area contributed by atoms with Gasteiger partial charge in [-0.15, -0.1) is 0 Å². The lowest BCUT2D eigenvalue weighted by atomic mass is 10.2. The van der Waals surface area contributed by atoms with Crippen LogP contribution in [0.4, 0.5) is 5.69 Å². The van der Waals surface area contributed by atoms with Crippen LogP contribution in [0.3, 0.4) is 0 Å². The SMILES string of the molecule is Cc1occc1Sc1ccc([N+](=O)[O-])c(CO)c1. The standard InChI is InChI=1S/C12H11NO4S/c1-8-12(4-5-17-8)18-10-2-3-11(13(15)16)9(6-10)7-14/h2-6,14H,7H2,1H3. The summed E-state index contributed by atoms with van der Waals surface area (Å²) < 4.78 is 5.18. The smallest absolute Gasteiger partial charge is 0.274 e. The van der Waals surface area contributed by atoms with Crippen molar-refractivity contribution in [1.29, 1.82) is 0 Å². The molecule has 0 radical (unpaired) electrons. The zero-order valence-electron chi connectivity index (χ0n) is 9.62. The van der Waals surface area contributed by atoms with E-state index in [-0.39, 0.29) is 12.3 Å². The number of aliphatic hydroxyl groups is 1. The maximum absolute atomic E-state index is 10.7. The summed E-state index contributed by atoms with van der Waals surface area (Å²) in [6.07, 6.45) is 1.59. The van der Waals surface area contributed by atoms with Gasteiger partial charge in [-0.1, -0.05) is 11.8 Å². The maximum Gasteiger partial charge on any atom is 0.274 e. The highest BCUT2D eigenvalue weighted by Gasteiger charge is 2.14. The number of aryl methyl sites for hydroxylation is 1. The van der Waals surface area contributed by atoms with E-state index in [4.69, 9.17) is 9.52 Å². The molecule has 5 nitrogen and oxygen atoms in total. The van der Waals surface area contributed by atoms with Crippen LogP contribution < -0.4 is 0 Å². The predicted molar refractivity (Wildman–Crippen MR) is 66.6 cm³/mol. The summed E-state index contributed by atoms with van der Waals surface area (Å²) in [7, 11) is 0. The van der Waals surface area contributed by atoms with E-state index in [1.807, 2.05) is 13.0 Å². The third-order valence-electron chi connectivity index (χ3n) is 2.46. The molecule has 18 heavy (non-hydrogen) atoms. The first-order chi connectivity index (χ1) is 8.61. The third kappa shape index (κ3) is 2.55. The van der Waals surface area contributed by atoms with Crippen LogP contribution in [0.5, 0.6) is 0 Å². The van der Waals surface area contributed by atoms with E-state index in [0.717, 1.165) is 15.6 Å². The zero-order chi connectivity index (χ0) is 13.1. The van der Waals surface area contributed by atoms with Crippen molar-refractivity contribution in [2.45, 2.75) is 23.3 Å². The number of furan rings is 1. The van der Waals surface area contributed by atoms with Crippen LogP contribution in [0, 0.1) is 17.0 Å². The van der Waals surface area contributed by atoms with Crippen LogP contribution in [0.1, 0.15) is 11.3 Å². The number of hydrogen-bond acceptors (Lipinski definition) is 5. The second-order valence-electron chi connectivity index (χ2n) is 3.65. The van der Waals surface area contributed by atoms with E-state index in [9.17, 15) is 10.1 Å². The van der Waals surface area contributed by atoms with Crippen LogP contribution in [-0.4, -0.2) is 10.0 Å². The Balaban J connectivity index is 2.30. The molecular formula is C12H11NO4S. The van der Waals surface area contributed by atoms with Crippen LogP contribution in [0.2, 0.25) is 0 Å². The second kappa shape index (κ2) is 5.24. The van der Waals surface area contributed by atoms with E-state index in [0.29, 0.717) is 5.56 Å². The molecule has 2 aromatic rings. The molecule has 1 aromatic carbocycles. The molecule has 1 heterocycles. The Bertz CT molecular complexity index is 579. The van der Waals surface area contributed by atoms with Crippen molar-refractivity contribution in [3.63, 3.8) is 0 Å². The van der Waals surface area contributed by atoms with Gasteiger partial charge in [0.25, 0.3) is 5.69 Å². The third-order valence-corrected chi connectivity index (χ3v) is 3.59. The van der Waals surface area contributed by atoms with Gasteiger partial charge in [0.05, 0.1) is 28.3 Å². The Kier molecular flexibility index (Phi) is 3.69. The Morgan fingerprint density at radius 2 is 2.22 bits per heavy atom. The highest BCUT2D eigenvalue weighted by atomic mass is 32.2. The second-order valence-corrected chi connectivity index (χ2v) is 4.76. The number of nitro groups is 1. The number of nitro benzene ring substituents is 1. The molecule has 94 valence electrons. The van der Waals surface area contributed by atoms with Crippen molar-refractivity contribution in [2.24, 2.45) is 0 Å². The normalized spacial score (nSPS) is 10.6. The average Bonchev–Trinajstić information content (AvgIpc) is 2.74. The summed E-state index contributed by atoms with van der Waals surface area (Å²) in [6.45, 7) is 1.50. The average molecular weight is 265 g/mol. The maximum atomic E-state index is 10.7. The molecule has 0 aliphatic carbocycles. The molecule has 0 saturated heterocycles. The van der Waals surface area contributed by atoms with Gasteiger partial charge < -0.3 is 9.52 Å². The number of nitrogens with zero attached hydrogens (tertiary/aromatic N) is 1. The van der Waals surface area contributed by atoms with Crippen molar-refractivity contribution in [1.82, 2.24) is 0 Å². The van der Waals surface area contributed by atoms with Crippen LogP contribution in [0.25, 0.3) is 0 Å². The topological polar surface area (TPSA) is 76.5 Å². The fraction of sp³-hybridized carbons (Fsp3) is 0.167. The van der Waals surface area contributed by atoms with Crippen LogP contribution in [0.15, 0.2) is 44.7 Å². The Morgan fingerprint density at radius 1 is 1.44 bits per heavy atom. The van der Waals surface area contributed by atoms with Crippen molar-refractivity contribution in [3.8, 4) is 0 Å². The molecule has 0 aliphatic rings. The predicted octanol–water partition coefficient (Wildman–Crippen LogP) is 3.14. The quantitative estimate of drug-likeness (QED) is 0.678. The molecule has 0 fully saturated rings. The lowest BCUT2D eigenvalue weighted by molar-refractivity contribution is -0.385. The van der Waals surface area contributed by atoms with Gasteiger partial charge in [0.15, 0.2) is 0 Å². The molecule has 1 N–H and O–H groups in total. The first-order valence-corrected chi connectivity index (χ1v) is 6.03. The fourth-order valence-corrected chi connectivity index (χ4v) is 2.44. The van der Waals surface area contributed by atoms with Gasteiger partial charge in [-0.05, 0) is 25.1 Å². The minimum atomic E-state index is -0.497. The lowest BCUT2D eigenvalue weighted by Gasteiger charge is -2.03. The van der Waals surface area contributed by atoms with Gasteiger partial charge in [0.1, 0.15) is 5.76 Å².